The molecule has 1 unspecified atom stereocenters. The van der Waals surface area contributed by atoms with Crippen LogP contribution in [0.2, 0.25) is 0 Å². The summed E-state index contributed by atoms with van der Waals surface area (Å²) in [5, 5.41) is 12.4. The number of ether oxygens (including phenoxy) is 1. The molecule has 0 heterocycles. The van der Waals surface area contributed by atoms with Crippen LogP contribution in [0.4, 0.5) is 8.78 Å². The van der Waals surface area contributed by atoms with E-state index in [1.165, 1.54) is 0 Å². The Balaban J connectivity index is 3.56. The van der Waals surface area contributed by atoms with Gasteiger partial charge in [0.25, 0.3) is 0 Å². The van der Waals surface area contributed by atoms with Crippen LogP contribution in [0.1, 0.15) is 11.7 Å². The van der Waals surface area contributed by atoms with Crippen molar-refractivity contribution in [3.63, 3.8) is 0 Å². The van der Waals surface area contributed by atoms with Crippen LogP contribution in [-0.4, -0.2) is 40.5 Å². The zero-order valence-electron chi connectivity index (χ0n) is 10.7. The summed E-state index contributed by atoms with van der Waals surface area (Å²) in [6.45, 7) is 0.0352. The summed E-state index contributed by atoms with van der Waals surface area (Å²) in [5.74, 6) is -3.08. The van der Waals surface area contributed by atoms with Gasteiger partial charge in [-0.05, 0) is 13.1 Å². The Labute approximate surface area is 110 Å². The molecule has 108 valence electrons. The van der Waals surface area contributed by atoms with E-state index in [0.717, 1.165) is 13.2 Å². The van der Waals surface area contributed by atoms with Gasteiger partial charge in [0.1, 0.15) is 10.7 Å². The molecule has 0 radical (unpaired) electrons. The predicted molar refractivity (Wildman–Crippen MR) is 64.9 cm³/mol. The molecule has 8 heteroatoms. The molecule has 0 amide bonds. The fourth-order valence-corrected chi connectivity index (χ4v) is 2.53. The second-order valence-electron chi connectivity index (χ2n) is 3.97. The van der Waals surface area contributed by atoms with Gasteiger partial charge in [0.15, 0.2) is 21.4 Å². The quantitative estimate of drug-likeness (QED) is 0.833. The number of aliphatic hydroxyl groups is 1. The van der Waals surface area contributed by atoms with Gasteiger partial charge in [-0.2, -0.15) is 0 Å². The lowest BCUT2D eigenvalue weighted by Crippen LogP contribution is -2.19. The zero-order valence-corrected chi connectivity index (χ0v) is 11.5. The Morgan fingerprint density at radius 1 is 1.47 bits per heavy atom. The summed E-state index contributed by atoms with van der Waals surface area (Å²) in [4.78, 5) is -1.07. The number of halogens is 2. The second kappa shape index (κ2) is 5.81. The molecule has 1 rings (SSSR count). The highest BCUT2D eigenvalue weighted by Gasteiger charge is 2.28. The average molecular weight is 295 g/mol. The minimum atomic E-state index is -4.08. The molecule has 19 heavy (non-hydrogen) atoms. The average Bonchev–Trinajstić information content (AvgIpc) is 2.26. The molecule has 0 aliphatic heterocycles. The van der Waals surface area contributed by atoms with E-state index in [2.05, 4.69) is 5.32 Å². The van der Waals surface area contributed by atoms with Crippen LogP contribution in [0.5, 0.6) is 5.75 Å². The highest BCUT2D eigenvalue weighted by atomic mass is 32.2. The van der Waals surface area contributed by atoms with E-state index < -0.39 is 38.2 Å². The minimum absolute atomic E-state index is 0.0352. The lowest BCUT2D eigenvalue weighted by Gasteiger charge is -2.17. The molecule has 2 N–H and O–H groups in total. The van der Waals surface area contributed by atoms with Gasteiger partial charge >= 0.3 is 0 Å². The van der Waals surface area contributed by atoms with E-state index in [-0.39, 0.29) is 12.1 Å². The number of hydrogen-bond donors (Lipinski definition) is 2. The number of benzene rings is 1. The maximum absolute atomic E-state index is 14.0. The number of likely N-dealkylation sites (N-methyl/N-ethyl adjacent to an activating group) is 1. The van der Waals surface area contributed by atoms with E-state index in [0.29, 0.717) is 6.26 Å². The van der Waals surface area contributed by atoms with Crippen LogP contribution in [-0.2, 0) is 9.84 Å². The monoisotopic (exact) mass is 295 g/mol. The van der Waals surface area contributed by atoms with Gasteiger partial charge < -0.3 is 15.2 Å². The lowest BCUT2D eigenvalue weighted by molar-refractivity contribution is 0.171. The van der Waals surface area contributed by atoms with Crippen molar-refractivity contribution in [3.05, 3.63) is 23.3 Å². The van der Waals surface area contributed by atoms with Crippen molar-refractivity contribution in [3.8, 4) is 5.75 Å². The lowest BCUT2D eigenvalue weighted by atomic mass is 10.1. The highest BCUT2D eigenvalue weighted by Crippen LogP contribution is 2.34. The normalized spacial score (nSPS) is 13.4. The first kappa shape index (κ1) is 15.8. The van der Waals surface area contributed by atoms with Gasteiger partial charge in [-0.3, -0.25) is 0 Å². The van der Waals surface area contributed by atoms with E-state index in [1.807, 2.05) is 0 Å². The summed E-state index contributed by atoms with van der Waals surface area (Å²) in [6.07, 6.45) is -0.532. The molecule has 1 aromatic carbocycles. The Morgan fingerprint density at radius 3 is 2.47 bits per heavy atom. The van der Waals surface area contributed by atoms with Crippen molar-refractivity contribution in [1.82, 2.24) is 5.32 Å². The summed E-state index contributed by atoms with van der Waals surface area (Å²) in [7, 11) is -1.42. The van der Waals surface area contributed by atoms with Crippen LogP contribution >= 0.6 is 0 Å². The molecule has 0 spiro atoms. The third-order valence-electron chi connectivity index (χ3n) is 2.49. The number of rotatable bonds is 5. The Hall–Kier alpha value is -1.25. The molecule has 0 bridgehead atoms. The first-order valence-electron chi connectivity index (χ1n) is 5.32. The van der Waals surface area contributed by atoms with Crippen LogP contribution in [0.15, 0.2) is 11.0 Å². The maximum atomic E-state index is 14.0. The third-order valence-corrected chi connectivity index (χ3v) is 3.61. The van der Waals surface area contributed by atoms with Gasteiger partial charge in [-0.1, -0.05) is 0 Å². The molecule has 1 atom stereocenters. The number of methoxy groups -OCH3 is 1. The van der Waals surface area contributed by atoms with E-state index in [4.69, 9.17) is 4.74 Å². The molecule has 0 saturated heterocycles. The fourth-order valence-electron chi connectivity index (χ4n) is 1.70. The Bertz CT molecular complexity index is 575. The topological polar surface area (TPSA) is 75.6 Å². The first-order valence-corrected chi connectivity index (χ1v) is 7.21. The SMILES string of the molecule is CNCC(O)c1cc(F)c(S(C)(=O)=O)c(F)c1OC. The number of sulfone groups is 1. The highest BCUT2D eigenvalue weighted by molar-refractivity contribution is 7.90. The van der Waals surface area contributed by atoms with Gasteiger partial charge in [-0.15, -0.1) is 0 Å². The Morgan fingerprint density at radius 2 is 2.05 bits per heavy atom. The molecule has 0 aliphatic rings. The van der Waals surface area contributed by atoms with E-state index in [1.54, 1.807) is 7.05 Å². The van der Waals surface area contributed by atoms with Crippen molar-refractivity contribution < 1.29 is 27.0 Å². The summed E-state index contributed by atoms with van der Waals surface area (Å²) in [6, 6.07) is 0.764. The zero-order chi connectivity index (χ0) is 14.8. The van der Waals surface area contributed by atoms with Crippen molar-refractivity contribution in [1.29, 1.82) is 0 Å². The van der Waals surface area contributed by atoms with Crippen LogP contribution in [0.25, 0.3) is 0 Å². The summed E-state index contributed by atoms with van der Waals surface area (Å²) in [5.41, 5.74) is -0.153. The van der Waals surface area contributed by atoms with Crippen molar-refractivity contribution >= 4 is 9.84 Å². The van der Waals surface area contributed by atoms with Crippen molar-refractivity contribution in [2.45, 2.75) is 11.0 Å². The molecular formula is C11H15F2NO4S. The molecule has 0 saturated carbocycles. The van der Waals surface area contributed by atoms with Gasteiger partial charge in [0, 0.05) is 18.4 Å². The molecule has 0 aromatic heterocycles. The smallest absolute Gasteiger partial charge is 0.187 e. The summed E-state index contributed by atoms with van der Waals surface area (Å²) < 4.78 is 55.2. The van der Waals surface area contributed by atoms with E-state index >= 15 is 0 Å². The molecule has 0 fully saturated rings. The van der Waals surface area contributed by atoms with Crippen molar-refractivity contribution in [2.24, 2.45) is 0 Å². The second-order valence-corrected chi connectivity index (χ2v) is 5.92. The van der Waals surface area contributed by atoms with Crippen LogP contribution in [0, 0.1) is 11.6 Å². The van der Waals surface area contributed by atoms with E-state index in [9.17, 15) is 22.3 Å². The maximum Gasteiger partial charge on any atom is 0.187 e. The van der Waals surface area contributed by atoms with Crippen molar-refractivity contribution in [2.75, 3.05) is 27.0 Å². The first-order chi connectivity index (χ1) is 8.73. The molecular weight excluding hydrogens is 280 g/mol. The summed E-state index contributed by atoms with van der Waals surface area (Å²) >= 11 is 0. The van der Waals surface area contributed by atoms with Gasteiger partial charge in [-0.25, -0.2) is 17.2 Å². The van der Waals surface area contributed by atoms with Gasteiger partial charge in [0.2, 0.25) is 0 Å². The third kappa shape index (κ3) is 3.20. The largest absolute Gasteiger partial charge is 0.493 e. The Kier molecular flexibility index (Phi) is 4.83. The molecule has 5 nitrogen and oxygen atoms in total. The standard InChI is InChI=1S/C11H15F2NO4S/c1-14-5-8(15)6-4-7(12)11(19(3,16)17)9(13)10(6)18-2/h4,8,14-15H,5H2,1-3H3. The number of nitrogens with one attached hydrogen (secondary N) is 1. The van der Waals surface area contributed by atoms with Gasteiger partial charge in [0.05, 0.1) is 13.2 Å². The number of aliphatic hydroxyl groups excluding tert-OH is 1. The fraction of sp³-hybridized carbons (Fsp3) is 0.455. The number of hydrogen-bond acceptors (Lipinski definition) is 5. The van der Waals surface area contributed by atoms with Crippen LogP contribution in [0.3, 0.4) is 0 Å². The minimum Gasteiger partial charge on any atom is -0.493 e. The predicted octanol–water partition coefficient (Wildman–Crippen LogP) is 0.630. The molecule has 0 aliphatic carbocycles. The van der Waals surface area contributed by atoms with Crippen LogP contribution < -0.4 is 10.1 Å². The molecule has 1 aromatic rings.